The fourth-order valence-electron chi connectivity index (χ4n) is 1.56. The lowest BCUT2D eigenvalue weighted by Gasteiger charge is -2.07. The number of benzene rings is 1. The molecule has 1 heterocycles. The number of nitrogens with one attached hydrogen (secondary N) is 1. The van der Waals surface area contributed by atoms with Gasteiger partial charge in [0.25, 0.3) is 0 Å². The Morgan fingerprint density at radius 3 is 3.00 bits per heavy atom. The van der Waals surface area contributed by atoms with E-state index in [2.05, 4.69) is 20.0 Å². The number of hydrogen-bond acceptors (Lipinski definition) is 7. The molecule has 0 amide bonds. The number of anilines is 1. The smallest absolute Gasteiger partial charge is 0.311 e. The van der Waals surface area contributed by atoms with E-state index in [1.54, 1.807) is 12.1 Å². The Morgan fingerprint density at radius 2 is 2.37 bits per heavy atom. The second-order valence-electron chi connectivity index (χ2n) is 3.67. The second kappa shape index (κ2) is 5.80. The quantitative estimate of drug-likeness (QED) is 0.624. The summed E-state index contributed by atoms with van der Waals surface area (Å²) in [4.78, 5) is 14.1. The van der Waals surface area contributed by atoms with Crippen molar-refractivity contribution >= 4 is 11.4 Å². The van der Waals surface area contributed by atoms with Crippen LogP contribution in [0, 0.1) is 10.1 Å². The van der Waals surface area contributed by atoms with Crippen molar-refractivity contribution in [1.29, 1.82) is 0 Å². The van der Waals surface area contributed by atoms with Gasteiger partial charge in [0.1, 0.15) is 0 Å². The number of ether oxygens (including phenoxy) is 1. The maximum absolute atomic E-state index is 10.7. The van der Waals surface area contributed by atoms with Crippen LogP contribution in [0.2, 0.25) is 0 Å². The molecule has 0 bridgehead atoms. The molecule has 1 aromatic carbocycles. The first kappa shape index (κ1) is 12.8. The zero-order valence-corrected chi connectivity index (χ0v) is 10.2. The van der Waals surface area contributed by atoms with Crippen molar-refractivity contribution in [2.75, 3.05) is 19.0 Å². The predicted molar refractivity (Wildman–Crippen MR) is 66.1 cm³/mol. The number of nitro benzene ring substituents is 1. The van der Waals surface area contributed by atoms with Gasteiger partial charge in [-0.1, -0.05) is 5.16 Å². The molecule has 0 saturated carbocycles. The van der Waals surface area contributed by atoms with Crippen LogP contribution < -0.4 is 10.1 Å². The number of aromatic nitrogens is 2. The maximum Gasteiger partial charge on any atom is 0.311 e. The minimum atomic E-state index is -0.484. The largest absolute Gasteiger partial charge is 0.490 e. The monoisotopic (exact) mass is 264 g/mol. The summed E-state index contributed by atoms with van der Waals surface area (Å²) < 4.78 is 9.59. The standard InChI is InChI=1S/C11H12N4O4/c1-18-10-6-8(2-3-9(10)15(16)17)12-5-4-11-13-7-19-14-11/h2-3,6-7,12H,4-5H2,1H3. The van der Waals surface area contributed by atoms with Crippen LogP contribution in [-0.2, 0) is 6.42 Å². The summed E-state index contributed by atoms with van der Waals surface area (Å²) in [6, 6.07) is 4.60. The Hall–Kier alpha value is -2.64. The molecule has 1 N–H and O–H groups in total. The number of rotatable bonds is 6. The van der Waals surface area contributed by atoms with Crippen LogP contribution >= 0.6 is 0 Å². The summed E-state index contributed by atoms with van der Waals surface area (Å²) in [5, 5.41) is 17.5. The molecule has 0 spiro atoms. The Bertz CT molecular complexity index is 556. The van der Waals surface area contributed by atoms with E-state index in [9.17, 15) is 10.1 Å². The molecule has 0 aliphatic rings. The highest BCUT2D eigenvalue weighted by molar-refractivity contribution is 5.57. The normalized spacial score (nSPS) is 10.2. The van der Waals surface area contributed by atoms with Gasteiger partial charge in [0.15, 0.2) is 11.6 Å². The highest BCUT2D eigenvalue weighted by Gasteiger charge is 2.14. The molecule has 0 radical (unpaired) electrons. The minimum absolute atomic E-state index is 0.0637. The van der Waals surface area contributed by atoms with Crippen molar-refractivity contribution in [2.45, 2.75) is 6.42 Å². The Labute approximate surface area is 108 Å². The van der Waals surface area contributed by atoms with Crippen LogP contribution in [0.15, 0.2) is 29.1 Å². The molecule has 8 heteroatoms. The van der Waals surface area contributed by atoms with Crippen LogP contribution in [0.4, 0.5) is 11.4 Å². The lowest BCUT2D eigenvalue weighted by molar-refractivity contribution is -0.385. The summed E-state index contributed by atoms with van der Waals surface area (Å²) in [5.74, 6) is 0.816. The van der Waals surface area contributed by atoms with Gasteiger partial charge in [0.2, 0.25) is 6.39 Å². The van der Waals surface area contributed by atoms with E-state index in [-0.39, 0.29) is 11.4 Å². The minimum Gasteiger partial charge on any atom is -0.490 e. The van der Waals surface area contributed by atoms with Crippen LogP contribution in [0.1, 0.15) is 5.82 Å². The van der Waals surface area contributed by atoms with Gasteiger partial charge >= 0.3 is 5.69 Å². The summed E-state index contributed by atoms with van der Waals surface area (Å²) in [7, 11) is 1.39. The highest BCUT2D eigenvalue weighted by atomic mass is 16.6. The molecular weight excluding hydrogens is 252 g/mol. The lowest BCUT2D eigenvalue weighted by Crippen LogP contribution is -2.06. The summed E-state index contributed by atoms with van der Waals surface area (Å²) in [6.45, 7) is 0.584. The average Bonchev–Trinajstić information content (AvgIpc) is 2.91. The van der Waals surface area contributed by atoms with Gasteiger partial charge in [-0.25, -0.2) is 0 Å². The van der Waals surface area contributed by atoms with Crippen molar-refractivity contribution in [1.82, 2.24) is 10.1 Å². The predicted octanol–water partition coefficient (Wildman–Crippen LogP) is 1.64. The third kappa shape index (κ3) is 3.18. The molecule has 0 atom stereocenters. The van der Waals surface area contributed by atoms with Crippen molar-refractivity contribution in [3.63, 3.8) is 0 Å². The first-order valence-electron chi connectivity index (χ1n) is 5.52. The lowest BCUT2D eigenvalue weighted by atomic mass is 10.2. The van der Waals surface area contributed by atoms with Gasteiger partial charge in [0, 0.05) is 30.8 Å². The van der Waals surface area contributed by atoms with Gasteiger partial charge in [-0.05, 0) is 6.07 Å². The number of methoxy groups -OCH3 is 1. The van der Waals surface area contributed by atoms with E-state index < -0.39 is 4.92 Å². The molecule has 1 aromatic heterocycles. The van der Waals surface area contributed by atoms with Crippen LogP contribution in [-0.4, -0.2) is 28.7 Å². The first-order valence-corrected chi connectivity index (χ1v) is 5.52. The molecule has 0 aliphatic heterocycles. The third-order valence-electron chi connectivity index (χ3n) is 2.46. The van der Waals surface area contributed by atoms with Gasteiger partial charge in [-0.15, -0.1) is 0 Å². The maximum atomic E-state index is 10.7. The molecule has 0 fully saturated rings. The van der Waals surface area contributed by atoms with E-state index in [4.69, 9.17) is 4.74 Å². The summed E-state index contributed by atoms with van der Waals surface area (Å²) in [5.41, 5.74) is 0.664. The van der Waals surface area contributed by atoms with Crippen LogP contribution in [0.25, 0.3) is 0 Å². The second-order valence-corrected chi connectivity index (χ2v) is 3.67. The fourth-order valence-corrected chi connectivity index (χ4v) is 1.56. The number of hydrogen-bond donors (Lipinski definition) is 1. The molecule has 2 rings (SSSR count). The van der Waals surface area contributed by atoms with Gasteiger partial charge < -0.3 is 14.6 Å². The molecule has 0 aliphatic carbocycles. The van der Waals surface area contributed by atoms with E-state index >= 15 is 0 Å². The van der Waals surface area contributed by atoms with Crippen LogP contribution in [0.5, 0.6) is 5.75 Å². The number of nitro groups is 1. The SMILES string of the molecule is COc1cc(NCCc2ncon2)ccc1[N+](=O)[O-]. The summed E-state index contributed by atoms with van der Waals surface area (Å²) >= 11 is 0. The molecule has 0 saturated heterocycles. The molecule has 19 heavy (non-hydrogen) atoms. The summed E-state index contributed by atoms with van der Waals surface area (Å²) in [6.07, 6.45) is 1.86. The van der Waals surface area contributed by atoms with E-state index in [0.29, 0.717) is 18.8 Å². The average molecular weight is 264 g/mol. The van der Waals surface area contributed by atoms with Crippen LogP contribution in [0.3, 0.4) is 0 Å². The fraction of sp³-hybridized carbons (Fsp3) is 0.273. The molecule has 8 nitrogen and oxygen atoms in total. The van der Waals surface area contributed by atoms with Crippen molar-refractivity contribution < 1.29 is 14.2 Å². The van der Waals surface area contributed by atoms with E-state index in [1.165, 1.54) is 19.6 Å². The molecule has 100 valence electrons. The number of nitrogens with zero attached hydrogens (tertiary/aromatic N) is 3. The van der Waals surface area contributed by atoms with Gasteiger partial charge in [-0.3, -0.25) is 10.1 Å². The van der Waals surface area contributed by atoms with Gasteiger partial charge in [0.05, 0.1) is 12.0 Å². The van der Waals surface area contributed by atoms with Gasteiger partial charge in [-0.2, -0.15) is 4.98 Å². The molecular formula is C11H12N4O4. The first-order chi connectivity index (χ1) is 9.20. The van der Waals surface area contributed by atoms with Crippen molar-refractivity contribution in [3.8, 4) is 5.75 Å². The van der Waals surface area contributed by atoms with Crippen molar-refractivity contribution in [3.05, 3.63) is 40.5 Å². The molecule has 0 unspecified atom stereocenters. The van der Waals surface area contributed by atoms with Crippen molar-refractivity contribution in [2.24, 2.45) is 0 Å². The Balaban J connectivity index is 1.99. The third-order valence-corrected chi connectivity index (χ3v) is 2.46. The Kier molecular flexibility index (Phi) is 3.91. The Morgan fingerprint density at radius 1 is 1.53 bits per heavy atom. The van der Waals surface area contributed by atoms with E-state index in [1.807, 2.05) is 0 Å². The topological polar surface area (TPSA) is 103 Å². The van der Waals surface area contributed by atoms with E-state index in [0.717, 1.165) is 5.69 Å². The zero-order valence-electron chi connectivity index (χ0n) is 10.2. The molecule has 2 aromatic rings. The highest BCUT2D eigenvalue weighted by Crippen LogP contribution is 2.29. The zero-order chi connectivity index (χ0) is 13.7.